The number of carbonyl (C=O) groups is 2. The molecule has 1 amide bonds. The highest BCUT2D eigenvalue weighted by Gasteiger charge is 2.35. The molecule has 0 bridgehead atoms. The second-order valence-corrected chi connectivity index (χ2v) is 10.8. The van der Waals surface area contributed by atoms with Crippen LogP contribution in [0.25, 0.3) is 11.0 Å². The lowest BCUT2D eigenvalue weighted by atomic mass is 9.83. The maximum absolute atomic E-state index is 12.7. The molecular formula is C29H34N4O5. The number of aliphatic hydroxyl groups excluding tert-OH is 1. The van der Waals surface area contributed by atoms with Gasteiger partial charge in [0.15, 0.2) is 6.10 Å². The average Bonchev–Trinajstić information content (AvgIpc) is 3.56. The molecule has 2 aliphatic heterocycles. The molecule has 4 atom stereocenters. The topological polar surface area (TPSA) is 107 Å². The van der Waals surface area contributed by atoms with Gasteiger partial charge in [0.1, 0.15) is 17.4 Å². The van der Waals surface area contributed by atoms with Gasteiger partial charge in [-0.25, -0.2) is 9.78 Å². The van der Waals surface area contributed by atoms with Crippen LogP contribution in [0.3, 0.4) is 0 Å². The fourth-order valence-corrected chi connectivity index (χ4v) is 6.52. The van der Waals surface area contributed by atoms with E-state index in [0.717, 1.165) is 72.1 Å². The highest BCUT2D eigenvalue weighted by molar-refractivity contribution is 5.95. The van der Waals surface area contributed by atoms with E-state index in [-0.39, 0.29) is 23.8 Å². The van der Waals surface area contributed by atoms with Crippen LogP contribution in [0, 0.1) is 5.92 Å². The number of pyridine rings is 1. The van der Waals surface area contributed by atoms with Crippen molar-refractivity contribution in [2.24, 2.45) is 5.92 Å². The van der Waals surface area contributed by atoms with Gasteiger partial charge >= 0.3 is 6.09 Å². The monoisotopic (exact) mass is 518 g/mol. The summed E-state index contributed by atoms with van der Waals surface area (Å²) in [7, 11) is 1.40. The van der Waals surface area contributed by atoms with Crippen LogP contribution < -0.4 is 9.64 Å². The van der Waals surface area contributed by atoms with E-state index >= 15 is 0 Å². The summed E-state index contributed by atoms with van der Waals surface area (Å²) in [6, 6.07) is 5.91. The van der Waals surface area contributed by atoms with Crippen molar-refractivity contribution in [2.75, 3.05) is 18.6 Å². The summed E-state index contributed by atoms with van der Waals surface area (Å²) in [6.07, 6.45) is 6.04. The van der Waals surface area contributed by atoms with Gasteiger partial charge in [-0.05, 0) is 64.2 Å². The average molecular weight is 519 g/mol. The number of aliphatic hydroxyl groups is 1. The predicted molar refractivity (Wildman–Crippen MR) is 142 cm³/mol. The summed E-state index contributed by atoms with van der Waals surface area (Å²) >= 11 is 0. The number of ether oxygens (including phenoxy) is 2. The zero-order valence-corrected chi connectivity index (χ0v) is 22.1. The number of methoxy groups -OCH3 is 1. The van der Waals surface area contributed by atoms with Gasteiger partial charge in [0, 0.05) is 35.5 Å². The molecule has 200 valence electrons. The van der Waals surface area contributed by atoms with E-state index in [1.807, 2.05) is 25.1 Å². The normalized spacial score (nSPS) is 23.5. The minimum atomic E-state index is -1.04. The predicted octanol–water partition coefficient (Wildman–Crippen LogP) is 4.68. The Kier molecular flexibility index (Phi) is 6.34. The third-order valence-electron chi connectivity index (χ3n) is 8.56. The van der Waals surface area contributed by atoms with Gasteiger partial charge in [0.2, 0.25) is 0 Å². The molecule has 1 N–H and O–H groups in total. The number of aryl methyl sites for hydroxylation is 1. The lowest BCUT2D eigenvalue weighted by molar-refractivity contribution is -0.122. The van der Waals surface area contributed by atoms with Crippen molar-refractivity contribution < 1.29 is 24.2 Å². The lowest BCUT2D eigenvalue weighted by Gasteiger charge is -2.34. The molecule has 0 radical (unpaired) electrons. The summed E-state index contributed by atoms with van der Waals surface area (Å²) in [4.78, 5) is 36.3. The maximum Gasteiger partial charge on any atom is 0.414 e. The first kappa shape index (κ1) is 24.9. The van der Waals surface area contributed by atoms with E-state index in [0.29, 0.717) is 24.5 Å². The third kappa shape index (κ3) is 4.04. The van der Waals surface area contributed by atoms with Crippen molar-refractivity contribution in [3.8, 4) is 5.75 Å². The molecule has 1 saturated carbocycles. The smallest absolute Gasteiger partial charge is 0.414 e. The van der Waals surface area contributed by atoms with E-state index in [9.17, 15) is 14.7 Å². The summed E-state index contributed by atoms with van der Waals surface area (Å²) < 4.78 is 12.8. The van der Waals surface area contributed by atoms with Crippen LogP contribution in [0.1, 0.15) is 80.7 Å². The molecule has 0 spiro atoms. The Balaban J connectivity index is 1.51. The molecule has 3 aromatic rings. The lowest BCUT2D eigenvalue weighted by Crippen LogP contribution is -2.42. The molecule has 2 aromatic heterocycles. The molecule has 9 nitrogen and oxygen atoms in total. The fraction of sp³-hybridized carbons (Fsp3) is 0.517. The minimum absolute atomic E-state index is 0.000228. The first-order chi connectivity index (χ1) is 18.4. The molecule has 9 heteroatoms. The Morgan fingerprint density at radius 1 is 1.21 bits per heavy atom. The Morgan fingerprint density at radius 2 is 2.05 bits per heavy atom. The number of benzene rings is 1. The molecular weight excluding hydrogens is 484 g/mol. The summed E-state index contributed by atoms with van der Waals surface area (Å²) in [5, 5.41) is 11.7. The second-order valence-electron chi connectivity index (χ2n) is 10.8. The van der Waals surface area contributed by atoms with Gasteiger partial charge in [-0.3, -0.25) is 14.7 Å². The molecule has 0 saturated heterocycles. The number of carbonyl (C=O) groups excluding carboxylic acids is 2. The van der Waals surface area contributed by atoms with Crippen LogP contribution in [0.2, 0.25) is 0 Å². The van der Waals surface area contributed by atoms with Crippen LogP contribution in [0.15, 0.2) is 24.4 Å². The first-order valence-corrected chi connectivity index (χ1v) is 13.6. The van der Waals surface area contributed by atoms with Crippen LogP contribution in [0.4, 0.5) is 10.5 Å². The Hall–Kier alpha value is -3.46. The molecule has 3 aliphatic rings. The number of imidazole rings is 1. The summed E-state index contributed by atoms with van der Waals surface area (Å²) in [5.74, 6) is 1.50. The number of fused-ring (bicyclic) bond motifs is 4. The van der Waals surface area contributed by atoms with Gasteiger partial charge in [-0.2, -0.15) is 0 Å². The number of Topliss-reactive ketones (excluding diaryl/α,β-unsaturated/α-hetero) is 1. The van der Waals surface area contributed by atoms with Crippen molar-refractivity contribution in [1.82, 2.24) is 14.5 Å². The van der Waals surface area contributed by atoms with Gasteiger partial charge in [0.05, 0.1) is 42.3 Å². The number of hydrogen-bond acceptors (Lipinski definition) is 7. The van der Waals surface area contributed by atoms with Gasteiger partial charge in [0.25, 0.3) is 0 Å². The van der Waals surface area contributed by atoms with Crippen LogP contribution in [-0.2, 0) is 22.4 Å². The highest BCUT2D eigenvalue weighted by atomic mass is 16.5. The number of aromatic nitrogens is 3. The third-order valence-corrected chi connectivity index (χ3v) is 8.56. The number of rotatable bonds is 4. The molecule has 1 aliphatic carbocycles. The largest absolute Gasteiger partial charge is 0.491 e. The number of anilines is 1. The molecule has 38 heavy (non-hydrogen) atoms. The zero-order chi connectivity index (χ0) is 26.6. The number of hydrogen-bond donors (Lipinski definition) is 1. The second kappa shape index (κ2) is 9.69. The highest BCUT2D eigenvalue weighted by Crippen LogP contribution is 2.42. The van der Waals surface area contributed by atoms with Crippen molar-refractivity contribution in [1.29, 1.82) is 0 Å². The first-order valence-electron chi connectivity index (χ1n) is 13.6. The fourth-order valence-electron chi connectivity index (χ4n) is 6.52. The number of nitrogens with zero attached hydrogens (tertiary/aromatic N) is 4. The van der Waals surface area contributed by atoms with Crippen LogP contribution in [0.5, 0.6) is 5.75 Å². The maximum atomic E-state index is 12.7. The number of amides is 1. The van der Waals surface area contributed by atoms with Crippen molar-refractivity contribution in [3.63, 3.8) is 0 Å². The molecule has 6 rings (SSSR count). The molecule has 0 unspecified atom stereocenters. The SMILES string of the molecule is COC(=O)N1c2ccc3c(nc([C@H](O)c4cc5c(cn4)OCC5)n3[C@@H]3CCC[C@@H](C(C)=O)C3)c2CC[C@@H]1C. The minimum Gasteiger partial charge on any atom is -0.491 e. The van der Waals surface area contributed by atoms with Crippen LogP contribution >= 0.6 is 0 Å². The van der Waals surface area contributed by atoms with E-state index < -0.39 is 12.2 Å². The molecule has 1 fully saturated rings. The van der Waals surface area contributed by atoms with E-state index in [1.54, 1.807) is 18.0 Å². The van der Waals surface area contributed by atoms with Crippen molar-refractivity contribution in [3.05, 3.63) is 47.0 Å². The van der Waals surface area contributed by atoms with E-state index in [2.05, 4.69) is 9.55 Å². The van der Waals surface area contributed by atoms with Crippen LogP contribution in [-0.4, -0.2) is 51.3 Å². The standard InChI is InChI=1S/C29H34N4O5/c1-16-7-8-21-23(32(16)29(36)37-3)9-10-24-26(21)31-28(33(24)20-6-4-5-18(13-20)17(2)34)27(35)22-14-19-11-12-38-25(19)15-30-22/h9-10,14-16,18,20,27,35H,4-8,11-13H2,1-3H3/t16-,18+,20+,27+/m0/s1. The molecule has 4 heterocycles. The Morgan fingerprint density at radius 3 is 2.84 bits per heavy atom. The van der Waals surface area contributed by atoms with Gasteiger partial charge < -0.3 is 19.1 Å². The quantitative estimate of drug-likeness (QED) is 0.535. The zero-order valence-electron chi connectivity index (χ0n) is 22.1. The number of ketones is 1. The Bertz CT molecular complexity index is 1420. The molecule has 1 aromatic carbocycles. The summed E-state index contributed by atoms with van der Waals surface area (Å²) in [5.41, 5.74) is 5.04. The summed E-state index contributed by atoms with van der Waals surface area (Å²) in [6.45, 7) is 4.31. The van der Waals surface area contributed by atoms with Gasteiger partial charge in [-0.1, -0.05) is 6.42 Å². The Labute approximate surface area is 221 Å². The van der Waals surface area contributed by atoms with Crippen molar-refractivity contribution >= 4 is 28.6 Å². The van der Waals surface area contributed by atoms with E-state index in [4.69, 9.17) is 14.5 Å². The van der Waals surface area contributed by atoms with E-state index in [1.165, 1.54) is 7.11 Å². The van der Waals surface area contributed by atoms with Gasteiger partial charge in [-0.15, -0.1) is 0 Å². The van der Waals surface area contributed by atoms with Crippen molar-refractivity contribution in [2.45, 2.75) is 77.0 Å².